The van der Waals surface area contributed by atoms with Gasteiger partial charge in [0.2, 0.25) is 0 Å². The summed E-state index contributed by atoms with van der Waals surface area (Å²) in [4.78, 5) is 6.70. The van der Waals surface area contributed by atoms with Gasteiger partial charge in [0.05, 0.1) is 6.61 Å². The lowest BCUT2D eigenvalue weighted by Gasteiger charge is -2.22. The number of ether oxygens (including phenoxy) is 1. The number of aliphatic imine (C=N–C) groups is 1. The van der Waals surface area contributed by atoms with Gasteiger partial charge in [0.1, 0.15) is 0 Å². The van der Waals surface area contributed by atoms with Crippen molar-refractivity contribution in [1.82, 2.24) is 15.5 Å². The Morgan fingerprint density at radius 2 is 2.11 bits per heavy atom. The van der Waals surface area contributed by atoms with Crippen LogP contribution in [0.4, 0.5) is 0 Å². The van der Waals surface area contributed by atoms with E-state index < -0.39 is 0 Å². The topological polar surface area (TPSA) is 48.9 Å². The van der Waals surface area contributed by atoms with Crippen molar-refractivity contribution in [3.05, 3.63) is 0 Å². The van der Waals surface area contributed by atoms with Crippen LogP contribution in [0.2, 0.25) is 0 Å². The van der Waals surface area contributed by atoms with E-state index in [0.29, 0.717) is 6.04 Å². The molecule has 0 radical (unpaired) electrons. The van der Waals surface area contributed by atoms with Crippen LogP contribution in [0, 0.1) is 0 Å². The molecule has 0 saturated heterocycles. The normalized spacial score (nSPS) is 16.4. The predicted molar refractivity (Wildman–Crippen MR) is 76.1 cm³/mol. The first-order valence-electron chi connectivity index (χ1n) is 6.87. The van der Waals surface area contributed by atoms with Gasteiger partial charge in [-0.1, -0.05) is 0 Å². The standard InChI is InChI=1S/C13H28N4O/c1-11(2)16-13(14-3)15-7-8-17(9-10-18-4)12-5-6-12/h11-12H,5-10H2,1-4H3,(H2,14,15,16). The molecule has 1 saturated carbocycles. The second kappa shape index (κ2) is 8.32. The fraction of sp³-hybridized carbons (Fsp3) is 0.923. The molecule has 0 aliphatic heterocycles. The lowest BCUT2D eigenvalue weighted by Crippen LogP contribution is -2.44. The summed E-state index contributed by atoms with van der Waals surface area (Å²) >= 11 is 0. The average molecular weight is 256 g/mol. The van der Waals surface area contributed by atoms with Crippen molar-refractivity contribution in [2.75, 3.05) is 40.4 Å². The minimum atomic E-state index is 0.407. The molecule has 0 aromatic heterocycles. The molecule has 5 heteroatoms. The van der Waals surface area contributed by atoms with Crippen molar-refractivity contribution in [3.63, 3.8) is 0 Å². The van der Waals surface area contributed by atoms with Gasteiger partial charge in [-0.15, -0.1) is 0 Å². The molecule has 0 aromatic carbocycles. The molecule has 0 heterocycles. The van der Waals surface area contributed by atoms with Crippen LogP contribution in [0.25, 0.3) is 0 Å². The van der Waals surface area contributed by atoms with Gasteiger partial charge < -0.3 is 15.4 Å². The summed E-state index contributed by atoms with van der Waals surface area (Å²) in [6.07, 6.45) is 2.67. The molecule has 5 nitrogen and oxygen atoms in total. The van der Waals surface area contributed by atoms with E-state index in [4.69, 9.17) is 4.74 Å². The SMILES string of the molecule is CN=C(NCCN(CCOC)C1CC1)NC(C)C. The highest BCUT2D eigenvalue weighted by atomic mass is 16.5. The van der Waals surface area contributed by atoms with Crippen molar-refractivity contribution in [2.45, 2.75) is 38.8 Å². The van der Waals surface area contributed by atoms with Crippen molar-refractivity contribution in [3.8, 4) is 0 Å². The first-order valence-corrected chi connectivity index (χ1v) is 6.87. The van der Waals surface area contributed by atoms with Gasteiger partial charge in [-0.05, 0) is 26.7 Å². The third-order valence-electron chi connectivity index (χ3n) is 2.99. The van der Waals surface area contributed by atoms with E-state index in [1.165, 1.54) is 12.8 Å². The van der Waals surface area contributed by atoms with Gasteiger partial charge >= 0.3 is 0 Å². The Labute approximate surface area is 111 Å². The summed E-state index contributed by atoms with van der Waals surface area (Å²) in [6.45, 7) is 8.04. The first-order chi connectivity index (χ1) is 8.67. The molecule has 0 unspecified atom stereocenters. The Morgan fingerprint density at radius 3 is 2.61 bits per heavy atom. The maximum absolute atomic E-state index is 5.15. The lowest BCUT2D eigenvalue weighted by molar-refractivity contribution is 0.144. The highest BCUT2D eigenvalue weighted by molar-refractivity contribution is 5.79. The van der Waals surface area contributed by atoms with Crippen LogP contribution in [0.3, 0.4) is 0 Å². The average Bonchev–Trinajstić information content (AvgIpc) is 3.15. The lowest BCUT2D eigenvalue weighted by atomic mass is 10.4. The van der Waals surface area contributed by atoms with Gasteiger partial charge in [0, 0.05) is 45.9 Å². The van der Waals surface area contributed by atoms with E-state index in [9.17, 15) is 0 Å². The van der Waals surface area contributed by atoms with Crippen LogP contribution < -0.4 is 10.6 Å². The molecule has 0 bridgehead atoms. The summed E-state index contributed by atoms with van der Waals surface area (Å²) in [5.74, 6) is 0.882. The van der Waals surface area contributed by atoms with E-state index in [1.807, 2.05) is 0 Å². The second-order valence-corrected chi connectivity index (χ2v) is 5.06. The predicted octanol–water partition coefficient (Wildman–Crippen LogP) is 0.671. The summed E-state index contributed by atoms with van der Waals surface area (Å²) in [6, 6.07) is 1.19. The largest absolute Gasteiger partial charge is 0.383 e. The number of methoxy groups -OCH3 is 1. The molecule has 0 amide bonds. The molecular weight excluding hydrogens is 228 g/mol. The van der Waals surface area contributed by atoms with Gasteiger partial charge in [0.25, 0.3) is 0 Å². The number of nitrogens with zero attached hydrogens (tertiary/aromatic N) is 2. The number of guanidine groups is 1. The summed E-state index contributed by atoms with van der Waals surface area (Å²) in [5, 5.41) is 6.63. The minimum Gasteiger partial charge on any atom is -0.383 e. The van der Waals surface area contributed by atoms with Crippen LogP contribution in [0.15, 0.2) is 4.99 Å². The number of hydrogen-bond acceptors (Lipinski definition) is 3. The van der Waals surface area contributed by atoms with Crippen LogP contribution in [0.5, 0.6) is 0 Å². The minimum absolute atomic E-state index is 0.407. The highest BCUT2D eigenvalue weighted by Gasteiger charge is 2.28. The molecule has 1 fully saturated rings. The first kappa shape index (κ1) is 15.2. The highest BCUT2D eigenvalue weighted by Crippen LogP contribution is 2.25. The third kappa shape index (κ3) is 6.21. The Morgan fingerprint density at radius 1 is 1.39 bits per heavy atom. The Kier molecular flexibility index (Phi) is 7.05. The molecule has 106 valence electrons. The van der Waals surface area contributed by atoms with Crippen molar-refractivity contribution in [2.24, 2.45) is 4.99 Å². The van der Waals surface area contributed by atoms with Crippen molar-refractivity contribution in [1.29, 1.82) is 0 Å². The smallest absolute Gasteiger partial charge is 0.191 e. The zero-order valence-corrected chi connectivity index (χ0v) is 12.2. The summed E-state index contributed by atoms with van der Waals surface area (Å²) < 4.78 is 5.15. The monoisotopic (exact) mass is 256 g/mol. The van der Waals surface area contributed by atoms with E-state index >= 15 is 0 Å². The number of nitrogens with one attached hydrogen (secondary N) is 2. The Balaban J connectivity index is 2.20. The van der Waals surface area contributed by atoms with Crippen molar-refractivity contribution < 1.29 is 4.74 Å². The van der Waals surface area contributed by atoms with Gasteiger partial charge in [-0.2, -0.15) is 0 Å². The number of hydrogen-bond donors (Lipinski definition) is 2. The van der Waals surface area contributed by atoms with E-state index in [-0.39, 0.29) is 0 Å². The Hall–Kier alpha value is -0.810. The van der Waals surface area contributed by atoms with Gasteiger partial charge in [-0.3, -0.25) is 9.89 Å². The molecular formula is C13H28N4O. The van der Waals surface area contributed by atoms with E-state index in [2.05, 4.69) is 34.4 Å². The van der Waals surface area contributed by atoms with E-state index in [1.54, 1.807) is 14.2 Å². The second-order valence-electron chi connectivity index (χ2n) is 5.06. The number of rotatable bonds is 8. The maximum Gasteiger partial charge on any atom is 0.191 e. The molecule has 1 aliphatic rings. The van der Waals surface area contributed by atoms with Crippen LogP contribution in [0.1, 0.15) is 26.7 Å². The molecule has 18 heavy (non-hydrogen) atoms. The fourth-order valence-corrected chi connectivity index (χ4v) is 1.91. The zero-order chi connectivity index (χ0) is 13.4. The Bertz CT molecular complexity index is 251. The van der Waals surface area contributed by atoms with Gasteiger partial charge in [-0.25, -0.2) is 0 Å². The molecule has 0 spiro atoms. The van der Waals surface area contributed by atoms with Crippen molar-refractivity contribution >= 4 is 5.96 Å². The van der Waals surface area contributed by atoms with E-state index in [0.717, 1.165) is 38.2 Å². The van der Waals surface area contributed by atoms with Gasteiger partial charge in [0.15, 0.2) is 5.96 Å². The quantitative estimate of drug-likeness (QED) is 0.495. The molecule has 0 aromatic rings. The molecule has 2 N–H and O–H groups in total. The maximum atomic E-state index is 5.15. The molecule has 1 rings (SSSR count). The van der Waals surface area contributed by atoms with Crippen LogP contribution >= 0.6 is 0 Å². The summed E-state index contributed by atoms with van der Waals surface area (Å²) in [7, 11) is 3.57. The van der Waals surface area contributed by atoms with Crippen LogP contribution in [-0.2, 0) is 4.74 Å². The molecule has 0 atom stereocenters. The van der Waals surface area contributed by atoms with Crippen LogP contribution in [-0.4, -0.2) is 63.3 Å². The third-order valence-corrected chi connectivity index (χ3v) is 2.99. The zero-order valence-electron chi connectivity index (χ0n) is 12.2. The fourth-order valence-electron chi connectivity index (χ4n) is 1.91. The summed E-state index contributed by atoms with van der Waals surface area (Å²) in [5.41, 5.74) is 0. The molecule has 1 aliphatic carbocycles.